The number of benzene rings is 1. The molecule has 0 bridgehead atoms. The van der Waals surface area contributed by atoms with E-state index >= 15 is 0 Å². The third-order valence-corrected chi connectivity index (χ3v) is 3.88. The van der Waals surface area contributed by atoms with Crippen LogP contribution in [-0.4, -0.2) is 46.6 Å². The van der Waals surface area contributed by atoms with Crippen LogP contribution in [0.1, 0.15) is 17.7 Å². The van der Waals surface area contributed by atoms with Crippen molar-refractivity contribution < 1.29 is 14.3 Å². The third-order valence-electron chi connectivity index (χ3n) is 3.88. The minimum absolute atomic E-state index is 0.0379. The summed E-state index contributed by atoms with van der Waals surface area (Å²) in [5, 5.41) is 9.01. The minimum atomic E-state index is -0.193. The van der Waals surface area contributed by atoms with Crippen LogP contribution in [0.5, 0.6) is 5.88 Å². The molecule has 2 heterocycles. The highest BCUT2D eigenvalue weighted by Crippen LogP contribution is 2.18. The van der Waals surface area contributed by atoms with Crippen molar-refractivity contribution in [3.8, 4) is 11.9 Å². The average Bonchev–Trinajstić information content (AvgIpc) is 3.12. The monoisotopic (exact) mass is 338 g/mol. The molecular weight excluding hydrogens is 320 g/mol. The third kappa shape index (κ3) is 4.52. The molecule has 1 aromatic carbocycles. The molecular formula is C18H18N4O3. The van der Waals surface area contributed by atoms with Gasteiger partial charge in [0.15, 0.2) is 0 Å². The van der Waals surface area contributed by atoms with Crippen molar-refractivity contribution >= 4 is 5.91 Å². The Kier molecular flexibility index (Phi) is 5.54. The number of hydrogen-bond acceptors (Lipinski definition) is 6. The van der Waals surface area contributed by atoms with E-state index in [2.05, 4.69) is 9.97 Å². The lowest BCUT2D eigenvalue weighted by Crippen LogP contribution is -2.33. The zero-order valence-corrected chi connectivity index (χ0v) is 13.7. The lowest BCUT2D eigenvalue weighted by Gasteiger charge is -2.17. The Hall–Kier alpha value is -2.98. The van der Waals surface area contributed by atoms with E-state index in [4.69, 9.17) is 14.7 Å². The lowest BCUT2D eigenvalue weighted by atomic mass is 10.2. The number of ether oxygens (including phenoxy) is 2. The van der Waals surface area contributed by atoms with Gasteiger partial charge in [-0.1, -0.05) is 30.3 Å². The van der Waals surface area contributed by atoms with Gasteiger partial charge in [-0.05, 0) is 5.56 Å². The average molecular weight is 338 g/mol. The molecule has 0 radical (unpaired) electrons. The van der Waals surface area contributed by atoms with Crippen LogP contribution in [0.15, 0.2) is 42.7 Å². The van der Waals surface area contributed by atoms with Crippen LogP contribution in [0.2, 0.25) is 0 Å². The van der Waals surface area contributed by atoms with E-state index in [1.165, 1.54) is 12.4 Å². The van der Waals surface area contributed by atoms with Gasteiger partial charge < -0.3 is 14.4 Å². The maximum absolute atomic E-state index is 12.2. The van der Waals surface area contributed by atoms with Crippen molar-refractivity contribution in [2.45, 2.75) is 19.1 Å². The number of nitriles is 1. The summed E-state index contributed by atoms with van der Waals surface area (Å²) in [6.07, 6.45) is 3.42. The molecule has 7 heteroatoms. The maximum atomic E-state index is 12.2. The van der Waals surface area contributed by atoms with Crippen molar-refractivity contribution in [1.82, 2.24) is 14.9 Å². The van der Waals surface area contributed by atoms with Crippen LogP contribution in [-0.2, 0) is 16.1 Å². The van der Waals surface area contributed by atoms with Crippen molar-refractivity contribution in [1.29, 1.82) is 5.26 Å². The van der Waals surface area contributed by atoms with Crippen molar-refractivity contribution in [2.75, 3.05) is 19.7 Å². The number of amides is 1. The van der Waals surface area contributed by atoms with E-state index < -0.39 is 0 Å². The van der Waals surface area contributed by atoms with Gasteiger partial charge in [0.1, 0.15) is 18.8 Å². The van der Waals surface area contributed by atoms with Crippen molar-refractivity contribution in [3.63, 3.8) is 0 Å². The number of likely N-dealkylation sites (tertiary alicyclic amines) is 1. The zero-order valence-electron chi connectivity index (χ0n) is 13.7. The molecule has 3 rings (SSSR count). The van der Waals surface area contributed by atoms with E-state index in [0.29, 0.717) is 26.1 Å². The normalized spacial score (nSPS) is 16.4. The van der Waals surface area contributed by atoms with Crippen LogP contribution in [0.25, 0.3) is 0 Å². The fraction of sp³-hybridized carbons (Fsp3) is 0.333. The fourth-order valence-electron chi connectivity index (χ4n) is 2.62. The summed E-state index contributed by atoms with van der Waals surface area (Å²) in [6, 6.07) is 11.7. The van der Waals surface area contributed by atoms with Gasteiger partial charge in [0, 0.05) is 25.4 Å². The Bertz CT molecular complexity index is 760. The number of hydrogen-bond donors (Lipinski definition) is 0. The molecule has 0 N–H and O–H groups in total. The van der Waals surface area contributed by atoms with Crippen LogP contribution in [0.4, 0.5) is 0 Å². The molecule has 128 valence electrons. The minimum Gasteiger partial charge on any atom is -0.470 e. The predicted octanol–water partition coefficient (Wildman–Crippen LogP) is 1.54. The number of carbonyl (C=O) groups is 1. The van der Waals surface area contributed by atoms with E-state index in [1.54, 1.807) is 4.90 Å². The Morgan fingerprint density at radius 3 is 2.88 bits per heavy atom. The quantitative estimate of drug-likeness (QED) is 0.794. The van der Waals surface area contributed by atoms with Crippen molar-refractivity contribution in [3.05, 3.63) is 54.0 Å². The summed E-state index contributed by atoms with van der Waals surface area (Å²) in [7, 11) is 0. The number of nitrogens with zero attached hydrogens (tertiary/aromatic N) is 4. The number of aromatic nitrogens is 2. The Morgan fingerprint density at radius 2 is 2.08 bits per heavy atom. The standard InChI is InChI=1S/C18H18N4O3/c19-10-16-18(21-8-7-20-16)25-15-6-9-22(11-15)17(23)13-24-12-14-4-2-1-3-5-14/h1-5,7-8,15H,6,9,11-13H2/t15-/m0/s1. The molecule has 1 amide bonds. The molecule has 0 unspecified atom stereocenters. The summed E-state index contributed by atoms with van der Waals surface area (Å²) < 4.78 is 11.2. The topological polar surface area (TPSA) is 88.3 Å². The van der Waals surface area contributed by atoms with Gasteiger partial charge in [0.25, 0.3) is 5.88 Å². The van der Waals surface area contributed by atoms with Crippen molar-refractivity contribution in [2.24, 2.45) is 0 Å². The molecule has 1 saturated heterocycles. The summed E-state index contributed by atoms with van der Waals surface area (Å²) in [5.41, 5.74) is 1.18. The molecule has 25 heavy (non-hydrogen) atoms. The van der Waals surface area contributed by atoms with E-state index in [-0.39, 0.29) is 30.2 Å². The Morgan fingerprint density at radius 1 is 1.28 bits per heavy atom. The second-order valence-electron chi connectivity index (χ2n) is 5.67. The fourth-order valence-corrected chi connectivity index (χ4v) is 2.62. The summed E-state index contributed by atoms with van der Waals surface area (Å²) in [5.74, 6) is 0.145. The van der Waals surface area contributed by atoms with Gasteiger partial charge in [0.2, 0.25) is 11.6 Å². The Balaban J connectivity index is 1.46. The van der Waals surface area contributed by atoms with Gasteiger partial charge in [-0.25, -0.2) is 9.97 Å². The number of rotatable bonds is 6. The van der Waals surface area contributed by atoms with Crippen LogP contribution < -0.4 is 4.74 Å². The van der Waals surface area contributed by atoms with Gasteiger partial charge in [-0.2, -0.15) is 5.26 Å². The molecule has 1 fully saturated rings. The highest BCUT2D eigenvalue weighted by Gasteiger charge is 2.28. The summed E-state index contributed by atoms with van der Waals surface area (Å²) in [6.45, 7) is 1.50. The Labute approximate surface area is 145 Å². The lowest BCUT2D eigenvalue weighted by molar-refractivity contribution is -0.135. The van der Waals surface area contributed by atoms with Gasteiger partial charge >= 0.3 is 0 Å². The van der Waals surface area contributed by atoms with E-state index in [1.807, 2.05) is 36.4 Å². The molecule has 1 aromatic heterocycles. The predicted molar refractivity (Wildman–Crippen MR) is 88.5 cm³/mol. The first-order chi connectivity index (χ1) is 12.3. The number of carbonyl (C=O) groups excluding carboxylic acids is 1. The van der Waals surface area contributed by atoms with Crippen LogP contribution in [0, 0.1) is 11.3 Å². The van der Waals surface area contributed by atoms with E-state index in [9.17, 15) is 4.79 Å². The largest absolute Gasteiger partial charge is 0.470 e. The highest BCUT2D eigenvalue weighted by molar-refractivity contribution is 5.77. The second kappa shape index (κ2) is 8.22. The summed E-state index contributed by atoms with van der Waals surface area (Å²) in [4.78, 5) is 21.9. The molecule has 0 saturated carbocycles. The van der Waals surface area contributed by atoms with E-state index in [0.717, 1.165) is 5.56 Å². The molecule has 1 aliphatic heterocycles. The molecule has 0 aliphatic carbocycles. The molecule has 7 nitrogen and oxygen atoms in total. The first-order valence-corrected chi connectivity index (χ1v) is 8.03. The zero-order chi connectivity index (χ0) is 17.5. The molecule has 0 spiro atoms. The first kappa shape index (κ1) is 16.9. The maximum Gasteiger partial charge on any atom is 0.251 e. The van der Waals surface area contributed by atoms with Gasteiger partial charge in [0.05, 0.1) is 13.2 Å². The van der Waals surface area contributed by atoms with Crippen LogP contribution in [0.3, 0.4) is 0 Å². The smallest absolute Gasteiger partial charge is 0.251 e. The first-order valence-electron chi connectivity index (χ1n) is 8.03. The second-order valence-corrected chi connectivity index (χ2v) is 5.67. The van der Waals surface area contributed by atoms with Crippen LogP contribution >= 0.6 is 0 Å². The molecule has 1 atom stereocenters. The van der Waals surface area contributed by atoms with Gasteiger partial charge in [-0.3, -0.25) is 4.79 Å². The molecule has 1 aliphatic rings. The van der Waals surface area contributed by atoms with Gasteiger partial charge in [-0.15, -0.1) is 0 Å². The summed E-state index contributed by atoms with van der Waals surface area (Å²) >= 11 is 0. The highest BCUT2D eigenvalue weighted by atomic mass is 16.5. The SMILES string of the molecule is N#Cc1nccnc1O[C@H]1CCN(C(=O)COCc2ccccc2)C1. The molecule has 2 aromatic rings.